The highest BCUT2D eigenvalue weighted by atomic mass is 19.2. The van der Waals surface area contributed by atoms with Crippen LogP contribution in [-0.2, 0) is 0 Å². The van der Waals surface area contributed by atoms with Crippen molar-refractivity contribution in [3.63, 3.8) is 0 Å². The maximum absolute atomic E-state index is 13.6. The van der Waals surface area contributed by atoms with Crippen LogP contribution >= 0.6 is 0 Å². The van der Waals surface area contributed by atoms with Gasteiger partial charge in [0.15, 0.2) is 12.3 Å². The Balaban J connectivity index is 1.88. The second kappa shape index (κ2) is 5.15. The summed E-state index contributed by atoms with van der Waals surface area (Å²) in [4.78, 5) is 17.1. The fraction of sp³-hybridized carbons (Fsp3) is 0.267. The third-order valence-electron chi connectivity index (χ3n) is 4.02. The molecule has 3 aromatic heterocycles. The molecule has 4 rings (SSSR count). The van der Waals surface area contributed by atoms with Crippen molar-refractivity contribution in [2.75, 3.05) is 23.7 Å². The molecule has 118 valence electrons. The average Bonchev–Trinajstić information content (AvgIpc) is 3.11. The molecule has 2 atom stereocenters. The number of hydrogen-bond acceptors (Lipinski definition) is 5. The van der Waals surface area contributed by atoms with E-state index < -0.39 is 12.3 Å². The molecule has 0 aliphatic carbocycles. The van der Waals surface area contributed by atoms with E-state index in [-0.39, 0.29) is 19.0 Å². The monoisotopic (exact) mass is 316 g/mol. The largest absolute Gasteiger partial charge is 0.368 e. The lowest BCUT2D eigenvalue weighted by Crippen LogP contribution is -2.20. The van der Waals surface area contributed by atoms with Gasteiger partial charge in [-0.1, -0.05) is 0 Å². The number of nitrogens with zero attached hydrogens (tertiary/aromatic N) is 4. The molecule has 0 spiro atoms. The molecule has 1 fully saturated rings. The highest BCUT2D eigenvalue weighted by Crippen LogP contribution is 2.36. The van der Waals surface area contributed by atoms with Crippen molar-refractivity contribution in [1.29, 1.82) is 0 Å². The van der Waals surface area contributed by atoms with Crippen molar-refractivity contribution < 1.29 is 8.78 Å². The van der Waals surface area contributed by atoms with E-state index in [0.717, 1.165) is 16.6 Å². The summed E-state index contributed by atoms with van der Waals surface area (Å²) in [6, 6.07) is 3.49. The molecule has 3 aromatic rings. The van der Waals surface area contributed by atoms with Gasteiger partial charge >= 0.3 is 0 Å². The number of fused-ring (bicyclic) bond motifs is 1. The summed E-state index contributed by atoms with van der Waals surface area (Å²) >= 11 is 0. The lowest BCUT2D eigenvalue weighted by molar-refractivity contribution is 0.217. The molecule has 0 unspecified atom stereocenters. The SMILES string of the molecule is Nc1nccc(-c2c[nH]c3nccc(N4C[C@H](F)[C@@H](F)C4)c23)n1. The van der Waals surface area contributed by atoms with Crippen LogP contribution in [0, 0.1) is 0 Å². The Morgan fingerprint density at radius 2 is 1.87 bits per heavy atom. The van der Waals surface area contributed by atoms with Crippen LogP contribution in [0.15, 0.2) is 30.7 Å². The second-order valence-electron chi connectivity index (χ2n) is 5.49. The van der Waals surface area contributed by atoms with E-state index in [1.165, 1.54) is 0 Å². The molecular formula is C15H14F2N6. The lowest BCUT2D eigenvalue weighted by Gasteiger charge is -2.18. The summed E-state index contributed by atoms with van der Waals surface area (Å²) in [7, 11) is 0. The minimum atomic E-state index is -1.48. The number of halogens is 2. The van der Waals surface area contributed by atoms with Crippen LogP contribution in [-0.4, -0.2) is 45.4 Å². The number of pyridine rings is 1. The third kappa shape index (κ3) is 2.26. The van der Waals surface area contributed by atoms with Gasteiger partial charge in [0.05, 0.1) is 29.9 Å². The minimum Gasteiger partial charge on any atom is -0.368 e. The molecule has 1 aliphatic heterocycles. The number of nitrogens with two attached hydrogens (primary N) is 1. The van der Waals surface area contributed by atoms with Crippen LogP contribution in [0.1, 0.15) is 0 Å². The van der Waals surface area contributed by atoms with E-state index >= 15 is 0 Å². The molecule has 8 heteroatoms. The maximum atomic E-state index is 13.6. The van der Waals surface area contributed by atoms with Crippen LogP contribution in [0.4, 0.5) is 20.4 Å². The normalized spacial score (nSPS) is 21.2. The quantitative estimate of drug-likeness (QED) is 0.756. The first kappa shape index (κ1) is 13.9. The standard InChI is InChI=1S/C15H14F2N6/c16-9-6-23(7-10(9)17)12-2-4-19-14-13(12)8(5-21-14)11-1-3-20-15(18)22-11/h1-5,9-10H,6-7H2,(H,19,21)(H2,18,20,22)/t9-,10-/m0/s1. The first-order chi connectivity index (χ1) is 11.1. The van der Waals surface area contributed by atoms with Crippen LogP contribution < -0.4 is 10.6 Å². The number of H-pyrrole nitrogens is 1. The van der Waals surface area contributed by atoms with Gasteiger partial charge in [0.2, 0.25) is 5.95 Å². The summed E-state index contributed by atoms with van der Waals surface area (Å²) in [6.07, 6.45) is 1.99. The fourth-order valence-corrected chi connectivity index (χ4v) is 2.95. The maximum Gasteiger partial charge on any atom is 0.220 e. The van der Waals surface area contributed by atoms with Gasteiger partial charge < -0.3 is 15.6 Å². The minimum absolute atomic E-state index is 0.0246. The number of anilines is 2. The number of rotatable bonds is 2. The zero-order valence-electron chi connectivity index (χ0n) is 12.1. The van der Waals surface area contributed by atoms with Gasteiger partial charge in [-0.15, -0.1) is 0 Å². The smallest absolute Gasteiger partial charge is 0.220 e. The topological polar surface area (TPSA) is 83.7 Å². The summed E-state index contributed by atoms with van der Waals surface area (Å²) in [6.45, 7) is 0.0492. The van der Waals surface area contributed by atoms with Crippen molar-refractivity contribution in [3.05, 3.63) is 30.7 Å². The van der Waals surface area contributed by atoms with Gasteiger partial charge in [-0.25, -0.2) is 23.7 Å². The highest BCUT2D eigenvalue weighted by molar-refractivity contribution is 6.02. The van der Waals surface area contributed by atoms with E-state index in [1.807, 2.05) is 0 Å². The number of aromatic nitrogens is 4. The fourth-order valence-electron chi connectivity index (χ4n) is 2.95. The Hall–Kier alpha value is -2.77. The first-order valence-corrected chi connectivity index (χ1v) is 7.21. The van der Waals surface area contributed by atoms with Crippen molar-refractivity contribution in [1.82, 2.24) is 19.9 Å². The molecule has 0 radical (unpaired) electrons. The molecular weight excluding hydrogens is 302 g/mol. The molecule has 0 aromatic carbocycles. The van der Waals surface area contributed by atoms with Crippen molar-refractivity contribution >= 4 is 22.7 Å². The Morgan fingerprint density at radius 1 is 1.13 bits per heavy atom. The van der Waals surface area contributed by atoms with Crippen molar-refractivity contribution in [2.45, 2.75) is 12.3 Å². The number of nitrogen functional groups attached to an aromatic ring is 1. The van der Waals surface area contributed by atoms with Crippen LogP contribution in [0.25, 0.3) is 22.3 Å². The summed E-state index contributed by atoms with van der Waals surface area (Å²) in [5.74, 6) is 0.163. The van der Waals surface area contributed by atoms with Gasteiger partial charge in [0, 0.05) is 24.2 Å². The summed E-state index contributed by atoms with van der Waals surface area (Å²) < 4.78 is 27.2. The molecule has 1 aliphatic rings. The molecule has 0 saturated carbocycles. The van der Waals surface area contributed by atoms with E-state index in [4.69, 9.17) is 5.73 Å². The predicted octanol–water partition coefficient (Wildman–Crippen LogP) is 2.10. The van der Waals surface area contributed by atoms with Crippen LogP contribution in [0.5, 0.6) is 0 Å². The Kier molecular flexibility index (Phi) is 3.10. The molecule has 23 heavy (non-hydrogen) atoms. The van der Waals surface area contributed by atoms with Crippen molar-refractivity contribution in [2.24, 2.45) is 0 Å². The van der Waals surface area contributed by atoms with Crippen molar-refractivity contribution in [3.8, 4) is 11.3 Å². The van der Waals surface area contributed by atoms with E-state index in [9.17, 15) is 8.78 Å². The lowest BCUT2D eigenvalue weighted by atomic mass is 10.1. The number of hydrogen-bond donors (Lipinski definition) is 2. The van der Waals surface area contributed by atoms with Gasteiger partial charge in [-0.2, -0.15) is 0 Å². The Labute approximate surface area is 130 Å². The summed E-state index contributed by atoms with van der Waals surface area (Å²) in [5, 5.41) is 0.770. The van der Waals surface area contributed by atoms with Crippen LogP contribution in [0.3, 0.4) is 0 Å². The third-order valence-corrected chi connectivity index (χ3v) is 4.02. The Morgan fingerprint density at radius 3 is 2.61 bits per heavy atom. The zero-order chi connectivity index (χ0) is 16.0. The summed E-state index contributed by atoms with van der Waals surface area (Å²) in [5.41, 5.74) is 8.41. The van der Waals surface area contributed by atoms with Gasteiger partial charge in [-0.05, 0) is 12.1 Å². The molecule has 0 amide bonds. The molecule has 1 saturated heterocycles. The van der Waals surface area contributed by atoms with Gasteiger partial charge in [0.25, 0.3) is 0 Å². The zero-order valence-corrected chi connectivity index (χ0v) is 12.1. The van der Waals surface area contributed by atoms with Gasteiger partial charge in [0.1, 0.15) is 5.65 Å². The van der Waals surface area contributed by atoms with Gasteiger partial charge in [-0.3, -0.25) is 0 Å². The number of nitrogens with one attached hydrogen (secondary N) is 1. The average molecular weight is 316 g/mol. The predicted molar refractivity (Wildman–Crippen MR) is 83.5 cm³/mol. The second-order valence-corrected chi connectivity index (χ2v) is 5.49. The molecule has 6 nitrogen and oxygen atoms in total. The van der Waals surface area contributed by atoms with E-state index in [1.54, 1.807) is 35.6 Å². The van der Waals surface area contributed by atoms with E-state index in [0.29, 0.717) is 11.3 Å². The van der Waals surface area contributed by atoms with E-state index in [2.05, 4.69) is 19.9 Å². The number of alkyl halides is 2. The van der Waals surface area contributed by atoms with Crippen LogP contribution in [0.2, 0.25) is 0 Å². The number of aromatic amines is 1. The molecule has 0 bridgehead atoms. The molecule has 3 N–H and O–H groups in total. The Bertz CT molecular complexity index is 854. The molecule has 4 heterocycles. The highest BCUT2D eigenvalue weighted by Gasteiger charge is 2.34. The first-order valence-electron chi connectivity index (χ1n) is 7.21.